The maximum atomic E-state index is 13.6. The average Bonchev–Trinajstić information content (AvgIpc) is 3.21. The molecular formula is C28H26F3NO7. The fourth-order valence-corrected chi connectivity index (χ4v) is 4.11. The van der Waals surface area contributed by atoms with Crippen LogP contribution in [0.1, 0.15) is 29.7 Å². The highest BCUT2D eigenvalue weighted by Gasteiger charge is 2.40. The van der Waals surface area contributed by atoms with Crippen molar-refractivity contribution in [3.63, 3.8) is 0 Å². The number of methoxy groups -OCH3 is 2. The normalized spacial score (nSPS) is 17.0. The van der Waals surface area contributed by atoms with E-state index in [1.807, 2.05) is 30.3 Å². The number of amides is 1. The van der Waals surface area contributed by atoms with Gasteiger partial charge in [-0.2, -0.15) is 13.2 Å². The quantitative estimate of drug-likeness (QED) is 0.299. The third-order valence-electron chi connectivity index (χ3n) is 6.19. The standard InChI is InChI=1S/C28H26F3NO7/c1-17-26(18-7-5-4-6-8-18)39-27(34)32(17)15-19-13-20(28(29,30)31)9-11-22(19)38-24-14-21(10-12-23(24)35-2)37-16-25(33)36-3/h4-14,17,26H,15-16H2,1-3H3. The van der Waals surface area contributed by atoms with Crippen LogP contribution >= 0.6 is 0 Å². The van der Waals surface area contributed by atoms with E-state index in [0.29, 0.717) is 0 Å². The number of carbonyl (C=O) groups excluding carboxylic acids is 2. The summed E-state index contributed by atoms with van der Waals surface area (Å²) in [5.41, 5.74) is -0.0213. The summed E-state index contributed by atoms with van der Waals surface area (Å²) in [5.74, 6) is 0.102. The third kappa shape index (κ3) is 6.36. The molecule has 1 saturated heterocycles. The molecule has 0 saturated carbocycles. The lowest BCUT2D eigenvalue weighted by Gasteiger charge is -2.23. The van der Waals surface area contributed by atoms with Crippen LogP contribution in [0, 0.1) is 0 Å². The Morgan fingerprint density at radius 1 is 0.974 bits per heavy atom. The number of alkyl halides is 3. The van der Waals surface area contributed by atoms with Crippen LogP contribution in [0.5, 0.6) is 23.0 Å². The molecule has 0 bridgehead atoms. The first-order valence-corrected chi connectivity index (χ1v) is 11.9. The van der Waals surface area contributed by atoms with E-state index in [2.05, 4.69) is 4.74 Å². The molecule has 0 aliphatic carbocycles. The summed E-state index contributed by atoms with van der Waals surface area (Å²) in [4.78, 5) is 25.6. The third-order valence-corrected chi connectivity index (χ3v) is 6.19. The molecule has 0 N–H and O–H groups in total. The number of halogens is 3. The molecule has 206 valence electrons. The number of carbonyl (C=O) groups is 2. The minimum Gasteiger partial charge on any atom is -0.493 e. The van der Waals surface area contributed by atoms with Crippen molar-refractivity contribution in [1.82, 2.24) is 4.90 Å². The van der Waals surface area contributed by atoms with Crippen molar-refractivity contribution in [3.05, 3.63) is 83.4 Å². The Morgan fingerprint density at radius 3 is 2.36 bits per heavy atom. The topological polar surface area (TPSA) is 83.5 Å². The lowest BCUT2D eigenvalue weighted by atomic mass is 10.0. The first kappa shape index (κ1) is 27.6. The molecule has 4 rings (SSSR count). The SMILES string of the molecule is COC(=O)COc1ccc(OC)c(Oc2ccc(C(F)(F)F)cc2CN2C(=O)OC(c3ccccc3)C2C)c1. The second kappa shape index (κ2) is 11.5. The summed E-state index contributed by atoms with van der Waals surface area (Å²) >= 11 is 0. The van der Waals surface area contributed by atoms with E-state index in [0.717, 1.165) is 17.7 Å². The van der Waals surface area contributed by atoms with Gasteiger partial charge in [0.2, 0.25) is 0 Å². The molecule has 1 amide bonds. The van der Waals surface area contributed by atoms with Crippen LogP contribution in [0.25, 0.3) is 0 Å². The molecule has 1 aliphatic heterocycles. The summed E-state index contributed by atoms with van der Waals surface area (Å²) in [5, 5.41) is 0. The maximum absolute atomic E-state index is 13.6. The predicted octanol–water partition coefficient (Wildman–Crippen LogP) is 6.14. The monoisotopic (exact) mass is 545 g/mol. The fourth-order valence-electron chi connectivity index (χ4n) is 4.11. The highest BCUT2D eigenvalue weighted by atomic mass is 19.4. The summed E-state index contributed by atoms with van der Waals surface area (Å²) in [6, 6.07) is 16.1. The molecule has 2 atom stereocenters. The zero-order chi connectivity index (χ0) is 28.2. The van der Waals surface area contributed by atoms with Gasteiger partial charge in [-0.15, -0.1) is 0 Å². The van der Waals surface area contributed by atoms with E-state index in [-0.39, 0.29) is 41.7 Å². The minimum absolute atomic E-state index is 0.0644. The van der Waals surface area contributed by atoms with Crippen LogP contribution in [0.15, 0.2) is 66.7 Å². The lowest BCUT2D eigenvalue weighted by molar-refractivity contribution is -0.143. The molecule has 8 nitrogen and oxygen atoms in total. The number of cyclic esters (lactones) is 1. The van der Waals surface area contributed by atoms with Gasteiger partial charge in [-0.3, -0.25) is 4.90 Å². The smallest absolute Gasteiger partial charge is 0.416 e. The summed E-state index contributed by atoms with van der Waals surface area (Å²) in [6.07, 6.45) is -5.86. The van der Waals surface area contributed by atoms with Crippen molar-refractivity contribution < 1.29 is 46.4 Å². The van der Waals surface area contributed by atoms with E-state index in [1.54, 1.807) is 6.92 Å². The molecule has 3 aromatic carbocycles. The second-order valence-electron chi connectivity index (χ2n) is 8.68. The van der Waals surface area contributed by atoms with Crippen molar-refractivity contribution in [1.29, 1.82) is 0 Å². The number of rotatable bonds is 9. The second-order valence-corrected chi connectivity index (χ2v) is 8.68. The Bertz CT molecular complexity index is 1330. The van der Waals surface area contributed by atoms with Gasteiger partial charge in [0.1, 0.15) is 17.6 Å². The van der Waals surface area contributed by atoms with Crippen molar-refractivity contribution >= 4 is 12.1 Å². The number of hydrogen-bond acceptors (Lipinski definition) is 7. The molecule has 1 heterocycles. The fraction of sp³-hybridized carbons (Fsp3) is 0.286. The molecule has 0 aromatic heterocycles. The largest absolute Gasteiger partial charge is 0.493 e. The van der Waals surface area contributed by atoms with Crippen LogP contribution in [0.3, 0.4) is 0 Å². The summed E-state index contributed by atoms with van der Waals surface area (Å²) in [6.45, 7) is 1.20. The number of esters is 1. The van der Waals surface area contributed by atoms with Gasteiger partial charge in [0.25, 0.3) is 0 Å². The van der Waals surface area contributed by atoms with Crippen molar-refractivity contribution in [2.45, 2.75) is 31.8 Å². The van der Waals surface area contributed by atoms with Gasteiger partial charge in [0.15, 0.2) is 18.1 Å². The molecule has 2 unspecified atom stereocenters. The van der Waals surface area contributed by atoms with E-state index >= 15 is 0 Å². The zero-order valence-corrected chi connectivity index (χ0v) is 21.4. The molecule has 1 aliphatic rings. The van der Waals surface area contributed by atoms with Gasteiger partial charge in [-0.25, -0.2) is 9.59 Å². The van der Waals surface area contributed by atoms with E-state index in [9.17, 15) is 22.8 Å². The van der Waals surface area contributed by atoms with Gasteiger partial charge in [-0.05, 0) is 42.8 Å². The highest BCUT2D eigenvalue weighted by Crippen LogP contribution is 2.40. The van der Waals surface area contributed by atoms with E-state index < -0.39 is 35.9 Å². The molecule has 0 radical (unpaired) electrons. The van der Waals surface area contributed by atoms with Crippen LogP contribution in [0.2, 0.25) is 0 Å². The molecule has 1 fully saturated rings. The number of hydrogen-bond donors (Lipinski definition) is 0. The van der Waals surface area contributed by atoms with Crippen LogP contribution in [-0.4, -0.2) is 43.8 Å². The highest BCUT2D eigenvalue weighted by molar-refractivity contribution is 5.71. The van der Waals surface area contributed by atoms with Crippen molar-refractivity contribution in [2.24, 2.45) is 0 Å². The first-order chi connectivity index (χ1) is 18.6. The Labute approximate surface area is 222 Å². The Hall–Kier alpha value is -4.41. The van der Waals surface area contributed by atoms with Gasteiger partial charge in [0.05, 0.1) is 32.4 Å². The Morgan fingerprint density at radius 2 is 1.69 bits per heavy atom. The van der Waals surface area contributed by atoms with Crippen LogP contribution in [0.4, 0.5) is 18.0 Å². The number of nitrogens with zero attached hydrogens (tertiary/aromatic N) is 1. The Kier molecular flexibility index (Phi) is 8.18. The van der Waals surface area contributed by atoms with Gasteiger partial charge < -0.3 is 23.7 Å². The summed E-state index contributed by atoms with van der Waals surface area (Å²) in [7, 11) is 2.62. The minimum atomic E-state index is -4.61. The molecular weight excluding hydrogens is 519 g/mol. The van der Waals surface area contributed by atoms with Gasteiger partial charge in [-0.1, -0.05) is 30.3 Å². The van der Waals surface area contributed by atoms with E-state index in [4.69, 9.17) is 18.9 Å². The maximum Gasteiger partial charge on any atom is 0.416 e. The molecule has 39 heavy (non-hydrogen) atoms. The zero-order valence-electron chi connectivity index (χ0n) is 21.4. The van der Waals surface area contributed by atoms with Gasteiger partial charge >= 0.3 is 18.2 Å². The first-order valence-electron chi connectivity index (χ1n) is 11.9. The number of ether oxygens (including phenoxy) is 5. The Balaban J connectivity index is 1.65. The average molecular weight is 546 g/mol. The molecule has 11 heteroatoms. The number of benzene rings is 3. The van der Waals surface area contributed by atoms with Crippen LogP contribution in [-0.2, 0) is 27.0 Å². The molecule has 3 aromatic rings. The molecule has 0 spiro atoms. The van der Waals surface area contributed by atoms with Crippen molar-refractivity contribution in [3.8, 4) is 23.0 Å². The lowest BCUT2D eigenvalue weighted by Crippen LogP contribution is -2.31. The van der Waals surface area contributed by atoms with Crippen molar-refractivity contribution in [2.75, 3.05) is 20.8 Å². The van der Waals surface area contributed by atoms with Gasteiger partial charge in [0, 0.05) is 11.6 Å². The van der Waals surface area contributed by atoms with Crippen LogP contribution < -0.4 is 14.2 Å². The predicted molar refractivity (Wildman–Crippen MR) is 133 cm³/mol. The summed E-state index contributed by atoms with van der Waals surface area (Å²) < 4.78 is 67.7. The van der Waals surface area contributed by atoms with E-state index in [1.165, 1.54) is 43.4 Å².